The lowest BCUT2D eigenvalue weighted by atomic mass is 10.0. The third-order valence-corrected chi connectivity index (χ3v) is 4.76. The zero-order valence-corrected chi connectivity index (χ0v) is 15.3. The average Bonchev–Trinajstić information content (AvgIpc) is 3.43. The molecule has 4 nitrogen and oxygen atoms in total. The maximum absolute atomic E-state index is 12.9. The van der Waals surface area contributed by atoms with Crippen LogP contribution >= 0.6 is 12.4 Å². The summed E-state index contributed by atoms with van der Waals surface area (Å²) >= 11 is 0. The van der Waals surface area contributed by atoms with Gasteiger partial charge >= 0.3 is 0 Å². The summed E-state index contributed by atoms with van der Waals surface area (Å²) in [6, 6.07) is 8.06. The van der Waals surface area contributed by atoms with Gasteiger partial charge in [0.1, 0.15) is 5.75 Å². The molecule has 1 amide bonds. The molecule has 1 aliphatic heterocycles. The van der Waals surface area contributed by atoms with Crippen LogP contribution in [0.3, 0.4) is 0 Å². The Morgan fingerprint density at radius 1 is 1.17 bits per heavy atom. The van der Waals surface area contributed by atoms with Crippen molar-refractivity contribution in [2.75, 3.05) is 26.2 Å². The van der Waals surface area contributed by atoms with E-state index in [0.717, 1.165) is 62.7 Å². The minimum atomic E-state index is 0. The molecule has 134 valence electrons. The number of benzene rings is 1. The molecule has 0 unspecified atom stereocenters. The minimum absolute atomic E-state index is 0. The smallest absolute Gasteiger partial charge is 0.254 e. The molecule has 24 heavy (non-hydrogen) atoms. The highest BCUT2D eigenvalue weighted by Gasteiger charge is 2.25. The quantitative estimate of drug-likeness (QED) is 0.816. The highest BCUT2D eigenvalue weighted by molar-refractivity contribution is 5.94. The fourth-order valence-corrected chi connectivity index (χ4v) is 3.17. The van der Waals surface area contributed by atoms with Crippen molar-refractivity contribution in [2.45, 2.75) is 45.1 Å². The predicted octanol–water partition coefficient (Wildman–Crippen LogP) is 3.50. The molecule has 1 aromatic rings. The Kier molecular flexibility index (Phi) is 7.38. The van der Waals surface area contributed by atoms with E-state index in [-0.39, 0.29) is 18.3 Å². The van der Waals surface area contributed by atoms with E-state index in [9.17, 15) is 4.79 Å². The second kappa shape index (κ2) is 9.28. The fraction of sp³-hybridized carbons (Fsp3) is 0.632. The molecule has 2 fully saturated rings. The van der Waals surface area contributed by atoms with Crippen LogP contribution in [0, 0.1) is 5.92 Å². The Morgan fingerprint density at radius 2 is 1.83 bits per heavy atom. The van der Waals surface area contributed by atoms with Crippen LogP contribution in [0.5, 0.6) is 5.75 Å². The molecular weight excluding hydrogens is 324 g/mol. The Labute approximate surface area is 151 Å². The van der Waals surface area contributed by atoms with Gasteiger partial charge in [-0.3, -0.25) is 4.79 Å². The molecule has 3 rings (SSSR count). The molecule has 1 saturated heterocycles. The normalized spacial score (nSPS) is 17.9. The number of carbonyl (C=O) groups is 1. The van der Waals surface area contributed by atoms with Crippen LogP contribution in [0.1, 0.15) is 49.4 Å². The molecule has 0 bridgehead atoms. The van der Waals surface area contributed by atoms with E-state index in [1.807, 2.05) is 24.3 Å². The first-order chi connectivity index (χ1) is 11.3. The molecule has 1 N–H and O–H groups in total. The van der Waals surface area contributed by atoms with Crippen molar-refractivity contribution in [1.29, 1.82) is 0 Å². The van der Waals surface area contributed by atoms with Gasteiger partial charge in [0.05, 0.1) is 6.61 Å². The number of ether oxygens (including phenoxy) is 1. The average molecular weight is 353 g/mol. The zero-order chi connectivity index (χ0) is 16.1. The van der Waals surface area contributed by atoms with Crippen LogP contribution < -0.4 is 10.1 Å². The Bertz CT molecular complexity index is 511. The third kappa shape index (κ3) is 5.12. The largest absolute Gasteiger partial charge is 0.493 e. The number of carbonyl (C=O) groups excluding carboxylic acids is 1. The monoisotopic (exact) mass is 352 g/mol. The number of amides is 1. The number of nitrogens with one attached hydrogen (secondary N) is 1. The second-order valence-corrected chi connectivity index (χ2v) is 6.76. The van der Waals surface area contributed by atoms with Crippen molar-refractivity contribution in [3.63, 3.8) is 0 Å². The SMILES string of the molecule is CCCN(C(=O)c1ccc(OCC2CC2)cc1)C1CCNCC1.Cl. The van der Waals surface area contributed by atoms with E-state index in [1.54, 1.807) is 0 Å². The van der Waals surface area contributed by atoms with E-state index in [1.165, 1.54) is 12.8 Å². The number of rotatable bonds is 7. The first-order valence-electron chi connectivity index (χ1n) is 9.02. The highest BCUT2D eigenvalue weighted by Crippen LogP contribution is 2.29. The number of halogens is 1. The standard InChI is InChI=1S/C19H28N2O2.ClH/c1-2-13-21(17-9-11-20-12-10-17)19(22)16-5-7-18(8-6-16)23-14-15-3-4-15;/h5-8,15,17,20H,2-4,9-14H2,1H3;1H. The van der Waals surface area contributed by atoms with Crippen molar-refractivity contribution in [1.82, 2.24) is 10.2 Å². The molecule has 0 radical (unpaired) electrons. The van der Waals surface area contributed by atoms with Crippen molar-refractivity contribution >= 4 is 18.3 Å². The summed E-state index contributed by atoms with van der Waals surface area (Å²) in [5.74, 6) is 1.78. The fourth-order valence-electron chi connectivity index (χ4n) is 3.17. The molecular formula is C19H29ClN2O2. The lowest BCUT2D eigenvalue weighted by Crippen LogP contribution is -2.46. The van der Waals surface area contributed by atoms with Crippen molar-refractivity contribution in [2.24, 2.45) is 5.92 Å². The summed E-state index contributed by atoms with van der Waals surface area (Å²) < 4.78 is 5.76. The number of hydrogen-bond acceptors (Lipinski definition) is 3. The number of piperidine rings is 1. The summed E-state index contributed by atoms with van der Waals surface area (Å²) in [5, 5.41) is 3.37. The van der Waals surface area contributed by atoms with E-state index < -0.39 is 0 Å². The first-order valence-corrected chi connectivity index (χ1v) is 9.02. The van der Waals surface area contributed by atoms with Gasteiger partial charge in [-0.15, -0.1) is 12.4 Å². The maximum Gasteiger partial charge on any atom is 0.254 e. The summed E-state index contributed by atoms with van der Waals surface area (Å²) in [4.78, 5) is 15.0. The molecule has 1 heterocycles. The van der Waals surface area contributed by atoms with Gasteiger partial charge in [0, 0.05) is 18.2 Å². The van der Waals surface area contributed by atoms with Crippen molar-refractivity contribution < 1.29 is 9.53 Å². The Hall–Kier alpha value is -1.26. The predicted molar refractivity (Wildman–Crippen MR) is 99.1 cm³/mol. The molecule has 1 aromatic carbocycles. The maximum atomic E-state index is 12.9. The van der Waals surface area contributed by atoms with Gasteiger partial charge in [0.15, 0.2) is 0 Å². The number of nitrogens with zero attached hydrogens (tertiary/aromatic N) is 1. The van der Waals surface area contributed by atoms with Crippen LogP contribution in [0.4, 0.5) is 0 Å². The molecule has 2 aliphatic rings. The summed E-state index contributed by atoms with van der Waals surface area (Å²) in [7, 11) is 0. The Balaban J connectivity index is 0.00000208. The van der Waals surface area contributed by atoms with Crippen LogP contribution in [0.2, 0.25) is 0 Å². The van der Waals surface area contributed by atoms with Gasteiger partial charge in [-0.05, 0) is 75.4 Å². The van der Waals surface area contributed by atoms with Gasteiger partial charge in [-0.1, -0.05) is 6.92 Å². The van der Waals surface area contributed by atoms with Gasteiger partial charge in [0.25, 0.3) is 5.91 Å². The summed E-state index contributed by atoms with van der Waals surface area (Å²) in [6.45, 7) is 5.79. The molecule has 1 aliphatic carbocycles. The topological polar surface area (TPSA) is 41.6 Å². The first kappa shape index (κ1) is 19.1. The number of hydrogen-bond donors (Lipinski definition) is 1. The molecule has 0 spiro atoms. The third-order valence-electron chi connectivity index (χ3n) is 4.76. The molecule has 5 heteroatoms. The van der Waals surface area contributed by atoms with Crippen molar-refractivity contribution in [3.05, 3.63) is 29.8 Å². The zero-order valence-electron chi connectivity index (χ0n) is 14.5. The van der Waals surface area contributed by atoms with E-state index in [4.69, 9.17) is 4.74 Å². The lowest BCUT2D eigenvalue weighted by Gasteiger charge is -2.34. The van der Waals surface area contributed by atoms with E-state index >= 15 is 0 Å². The second-order valence-electron chi connectivity index (χ2n) is 6.76. The highest BCUT2D eigenvalue weighted by atomic mass is 35.5. The summed E-state index contributed by atoms with van der Waals surface area (Å²) in [6.07, 6.45) is 5.68. The Morgan fingerprint density at radius 3 is 2.42 bits per heavy atom. The van der Waals surface area contributed by atoms with Crippen LogP contribution in [0.25, 0.3) is 0 Å². The molecule has 0 atom stereocenters. The van der Waals surface area contributed by atoms with Gasteiger partial charge in [0.2, 0.25) is 0 Å². The van der Waals surface area contributed by atoms with Crippen LogP contribution in [0.15, 0.2) is 24.3 Å². The van der Waals surface area contributed by atoms with Gasteiger partial charge in [-0.2, -0.15) is 0 Å². The van der Waals surface area contributed by atoms with Crippen LogP contribution in [-0.4, -0.2) is 43.1 Å². The summed E-state index contributed by atoms with van der Waals surface area (Å²) in [5.41, 5.74) is 0.774. The molecule has 1 saturated carbocycles. The van der Waals surface area contributed by atoms with Gasteiger partial charge < -0.3 is 15.0 Å². The molecule has 0 aromatic heterocycles. The van der Waals surface area contributed by atoms with Crippen LogP contribution in [-0.2, 0) is 0 Å². The van der Waals surface area contributed by atoms with E-state index in [0.29, 0.717) is 6.04 Å². The van der Waals surface area contributed by atoms with Crippen molar-refractivity contribution in [3.8, 4) is 5.75 Å². The van der Waals surface area contributed by atoms with E-state index in [2.05, 4.69) is 17.1 Å². The van der Waals surface area contributed by atoms with Gasteiger partial charge in [-0.25, -0.2) is 0 Å². The lowest BCUT2D eigenvalue weighted by molar-refractivity contribution is 0.0642. The minimum Gasteiger partial charge on any atom is -0.493 e.